The molecule has 0 saturated carbocycles. The van der Waals surface area contributed by atoms with E-state index in [1.165, 1.54) is 0 Å². The molecule has 1 amide bonds. The molecule has 0 aromatic heterocycles. The zero-order valence-electron chi connectivity index (χ0n) is 11.3. The second-order valence-electron chi connectivity index (χ2n) is 4.58. The molecule has 0 atom stereocenters. The van der Waals surface area contributed by atoms with Gasteiger partial charge in [-0.05, 0) is 49.2 Å². The first-order chi connectivity index (χ1) is 9.00. The molecule has 0 N–H and O–H groups in total. The summed E-state index contributed by atoms with van der Waals surface area (Å²) in [6.45, 7) is 5.45. The van der Waals surface area contributed by atoms with Gasteiger partial charge in [-0.3, -0.25) is 9.69 Å². The summed E-state index contributed by atoms with van der Waals surface area (Å²) in [6, 6.07) is 13.5. The molecule has 0 aliphatic heterocycles. The van der Waals surface area contributed by atoms with Crippen molar-refractivity contribution in [1.82, 2.24) is 0 Å². The van der Waals surface area contributed by atoms with Crippen LogP contribution in [0.1, 0.15) is 18.1 Å². The predicted molar refractivity (Wildman–Crippen MR) is 80.2 cm³/mol. The van der Waals surface area contributed by atoms with Crippen molar-refractivity contribution >= 4 is 28.9 Å². The highest BCUT2D eigenvalue weighted by Gasteiger charge is 2.15. The van der Waals surface area contributed by atoms with E-state index in [1.54, 1.807) is 11.8 Å². The Bertz CT molecular complexity index is 584. The van der Waals surface area contributed by atoms with Gasteiger partial charge in [0.1, 0.15) is 0 Å². The topological polar surface area (TPSA) is 20.3 Å². The van der Waals surface area contributed by atoms with Crippen molar-refractivity contribution < 1.29 is 4.79 Å². The van der Waals surface area contributed by atoms with Crippen molar-refractivity contribution in [2.45, 2.75) is 20.8 Å². The fourth-order valence-corrected chi connectivity index (χ4v) is 2.25. The Morgan fingerprint density at radius 3 is 2.00 bits per heavy atom. The van der Waals surface area contributed by atoms with Gasteiger partial charge in [0.25, 0.3) is 0 Å². The molecule has 0 unspecified atom stereocenters. The fourth-order valence-electron chi connectivity index (χ4n) is 2.14. The van der Waals surface area contributed by atoms with Crippen molar-refractivity contribution in [3.05, 3.63) is 58.6 Å². The first kappa shape index (κ1) is 13.6. The predicted octanol–water partition coefficient (Wildman–Crippen LogP) is 4.64. The Balaban J connectivity index is 2.55. The lowest BCUT2D eigenvalue weighted by molar-refractivity contribution is -0.115. The van der Waals surface area contributed by atoms with Gasteiger partial charge < -0.3 is 0 Å². The SMILES string of the molecule is CC(=O)N(c1ccccc1)c1cc(C)c(Cl)c(C)c1. The highest BCUT2D eigenvalue weighted by Crippen LogP contribution is 2.31. The Hall–Kier alpha value is -1.80. The number of amides is 1. The van der Waals surface area contributed by atoms with E-state index in [2.05, 4.69) is 0 Å². The van der Waals surface area contributed by atoms with E-state index in [1.807, 2.05) is 56.3 Å². The number of hydrogen-bond donors (Lipinski definition) is 0. The molecule has 0 spiro atoms. The van der Waals surface area contributed by atoms with Crippen LogP contribution in [0.4, 0.5) is 11.4 Å². The maximum atomic E-state index is 11.9. The van der Waals surface area contributed by atoms with Crippen LogP contribution in [-0.2, 0) is 4.79 Å². The van der Waals surface area contributed by atoms with Crippen LogP contribution in [0.25, 0.3) is 0 Å². The smallest absolute Gasteiger partial charge is 0.228 e. The lowest BCUT2D eigenvalue weighted by Crippen LogP contribution is -2.22. The van der Waals surface area contributed by atoms with E-state index in [0.29, 0.717) is 0 Å². The lowest BCUT2D eigenvalue weighted by Gasteiger charge is -2.22. The molecule has 2 rings (SSSR count). The summed E-state index contributed by atoms with van der Waals surface area (Å²) >= 11 is 6.18. The molecule has 0 radical (unpaired) electrons. The first-order valence-electron chi connectivity index (χ1n) is 6.13. The average molecular weight is 274 g/mol. The standard InChI is InChI=1S/C16H16ClNO/c1-11-9-15(10-12(2)16(11)17)18(13(3)19)14-7-5-4-6-8-14/h4-10H,1-3H3. The van der Waals surface area contributed by atoms with Gasteiger partial charge in [-0.15, -0.1) is 0 Å². The Morgan fingerprint density at radius 1 is 1.00 bits per heavy atom. The number of anilines is 2. The summed E-state index contributed by atoms with van der Waals surface area (Å²) in [5.74, 6) is -0.0210. The van der Waals surface area contributed by atoms with Gasteiger partial charge in [-0.1, -0.05) is 29.8 Å². The monoisotopic (exact) mass is 273 g/mol. The third kappa shape index (κ3) is 2.79. The van der Waals surface area contributed by atoms with Crippen molar-refractivity contribution in [1.29, 1.82) is 0 Å². The van der Waals surface area contributed by atoms with E-state index in [0.717, 1.165) is 27.5 Å². The number of halogens is 1. The van der Waals surface area contributed by atoms with Gasteiger partial charge in [0.2, 0.25) is 5.91 Å². The van der Waals surface area contributed by atoms with Crippen LogP contribution in [0, 0.1) is 13.8 Å². The van der Waals surface area contributed by atoms with E-state index < -0.39 is 0 Å². The molecule has 2 aromatic rings. The molecule has 0 saturated heterocycles. The number of rotatable bonds is 2. The molecule has 0 heterocycles. The molecule has 0 bridgehead atoms. The summed E-state index contributed by atoms with van der Waals surface area (Å²) < 4.78 is 0. The van der Waals surface area contributed by atoms with Crippen molar-refractivity contribution in [2.24, 2.45) is 0 Å². The molecule has 98 valence electrons. The number of hydrogen-bond acceptors (Lipinski definition) is 1. The molecular weight excluding hydrogens is 258 g/mol. The Morgan fingerprint density at radius 2 is 1.53 bits per heavy atom. The highest BCUT2D eigenvalue weighted by atomic mass is 35.5. The molecular formula is C16H16ClNO. The molecule has 19 heavy (non-hydrogen) atoms. The third-order valence-corrected chi connectivity index (χ3v) is 3.60. The minimum atomic E-state index is -0.0210. The van der Waals surface area contributed by atoms with E-state index in [4.69, 9.17) is 11.6 Å². The maximum absolute atomic E-state index is 11.9. The number of benzene rings is 2. The summed E-state index contributed by atoms with van der Waals surface area (Å²) in [5, 5.41) is 0.750. The van der Waals surface area contributed by atoms with Gasteiger partial charge in [0, 0.05) is 23.3 Å². The minimum absolute atomic E-state index is 0.0210. The van der Waals surface area contributed by atoms with Crippen LogP contribution in [0.15, 0.2) is 42.5 Å². The Labute approximate surface area is 118 Å². The zero-order valence-corrected chi connectivity index (χ0v) is 12.0. The van der Waals surface area contributed by atoms with Gasteiger partial charge in [-0.25, -0.2) is 0 Å². The number of para-hydroxylation sites is 1. The first-order valence-corrected chi connectivity index (χ1v) is 6.51. The second kappa shape index (κ2) is 5.45. The molecule has 2 nitrogen and oxygen atoms in total. The summed E-state index contributed by atoms with van der Waals surface area (Å²) in [7, 11) is 0. The van der Waals surface area contributed by atoms with E-state index >= 15 is 0 Å². The number of carbonyl (C=O) groups excluding carboxylic acids is 1. The lowest BCUT2D eigenvalue weighted by atomic mass is 10.1. The molecule has 2 aromatic carbocycles. The van der Waals surface area contributed by atoms with Gasteiger partial charge in [0.05, 0.1) is 0 Å². The van der Waals surface area contributed by atoms with Crippen LogP contribution in [-0.4, -0.2) is 5.91 Å². The zero-order chi connectivity index (χ0) is 14.0. The fraction of sp³-hybridized carbons (Fsp3) is 0.188. The van der Waals surface area contributed by atoms with Crippen molar-refractivity contribution in [3.63, 3.8) is 0 Å². The number of nitrogens with zero attached hydrogens (tertiary/aromatic N) is 1. The van der Waals surface area contributed by atoms with Crippen molar-refractivity contribution in [3.8, 4) is 0 Å². The number of carbonyl (C=O) groups is 1. The summed E-state index contributed by atoms with van der Waals surface area (Å²) in [6.07, 6.45) is 0. The van der Waals surface area contributed by atoms with Crippen LogP contribution in [0.3, 0.4) is 0 Å². The molecule has 0 fully saturated rings. The summed E-state index contributed by atoms with van der Waals surface area (Å²) in [4.78, 5) is 13.6. The van der Waals surface area contributed by atoms with Crippen LogP contribution >= 0.6 is 11.6 Å². The summed E-state index contributed by atoms with van der Waals surface area (Å²) in [5.41, 5.74) is 3.65. The van der Waals surface area contributed by atoms with Gasteiger partial charge >= 0.3 is 0 Å². The average Bonchev–Trinajstić information content (AvgIpc) is 2.37. The van der Waals surface area contributed by atoms with Crippen LogP contribution in [0.2, 0.25) is 5.02 Å². The van der Waals surface area contributed by atoms with Crippen LogP contribution in [0.5, 0.6) is 0 Å². The van der Waals surface area contributed by atoms with Crippen molar-refractivity contribution in [2.75, 3.05) is 4.90 Å². The quantitative estimate of drug-likeness (QED) is 0.780. The van der Waals surface area contributed by atoms with E-state index in [9.17, 15) is 4.79 Å². The van der Waals surface area contributed by atoms with Gasteiger partial charge in [0.15, 0.2) is 0 Å². The highest BCUT2D eigenvalue weighted by molar-refractivity contribution is 6.32. The molecule has 0 aliphatic rings. The molecule has 3 heteroatoms. The maximum Gasteiger partial charge on any atom is 0.228 e. The minimum Gasteiger partial charge on any atom is -0.281 e. The number of aryl methyl sites for hydroxylation is 2. The normalized spacial score (nSPS) is 10.3. The van der Waals surface area contributed by atoms with Gasteiger partial charge in [-0.2, -0.15) is 0 Å². The molecule has 0 aliphatic carbocycles. The third-order valence-electron chi connectivity index (χ3n) is 3.01. The largest absolute Gasteiger partial charge is 0.281 e. The Kier molecular flexibility index (Phi) is 3.91. The van der Waals surface area contributed by atoms with E-state index in [-0.39, 0.29) is 5.91 Å². The second-order valence-corrected chi connectivity index (χ2v) is 4.96. The van der Waals surface area contributed by atoms with Crippen LogP contribution < -0.4 is 4.90 Å².